The van der Waals surface area contributed by atoms with E-state index >= 15 is 0 Å². The zero-order valence-electron chi connectivity index (χ0n) is 11.8. The molecule has 1 aromatic rings. The summed E-state index contributed by atoms with van der Waals surface area (Å²) in [5, 5.41) is 15.5. The molecule has 0 saturated heterocycles. The molecule has 2 amide bonds. The van der Waals surface area contributed by atoms with E-state index in [1.54, 1.807) is 27.1 Å². The monoisotopic (exact) mass is 281 g/mol. The van der Waals surface area contributed by atoms with Gasteiger partial charge in [-0.3, -0.25) is 9.59 Å². The zero-order valence-corrected chi connectivity index (χ0v) is 11.8. The molecule has 0 saturated carbocycles. The topological polar surface area (TPSA) is 105 Å². The second kappa shape index (κ2) is 8.05. The van der Waals surface area contributed by atoms with Crippen molar-refractivity contribution >= 4 is 17.6 Å². The fraction of sp³-hybridized carbons (Fsp3) is 0.500. The Kier molecular flexibility index (Phi) is 6.38. The Morgan fingerprint density at radius 1 is 1.35 bits per heavy atom. The van der Waals surface area contributed by atoms with Gasteiger partial charge in [-0.15, -0.1) is 10.2 Å². The first-order chi connectivity index (χ1) is 9.58. The third-order valence-corrected chi connectivity index (χ3v) is 2.50. The van der Waals surface area contributed by atoms with Crippen LogP contribution in [0.15, 0.2) is 12.1 Å². The summed E-state index contributed by atoms with van der Waals surface area (Å²) in [6.45, 7) is 2.41. The molecule has 8 heteroatoms. The van der Waals surface area contributed by atoms with Crippen LogP contribution in [-0.2, 0) is 9.53 Å². The molecule has 110 valence electrons. The Balaban J connectivity index is 2.49. The van der Waals surface area contributed by atoms with Crippen molar-refractivity contribution in [3.63, 3.8) is 0 Å². The molecule has 0 aliphatic heterocycles. The van der Waals surface area contributed by atoms with Gasteiger partial charge in [-0.1, -0.05) is 0 Å². The highest BCUT2D eigenvalue weighted by molar-refractivity contribution is 5.95. The van der Waals surface area contributed by atoms with Gasteiger partial charge in [0.05, 0.1) is 6.61 Å². The van der Waals surface area contributed by atoms with E-state index in [0.29, 0.717) is 19.0 Å². The number of methoxy groups -OCH3 is 1. The molecule has 1 rings (SSSR count). The summed E-state index contributed by atoms with van der Waals surface area (Å²) < 4.78 is 4.82. The predicted octanol–water partition coefficient (Wildman–Crippen LogP) is -0.601. The molecule has 3 N–H and O–H groups in total. The number of rotatable bonds is 7. The lowest BCUT2D eigenvalue weighted by Crippen LogP contribution is -2.45. The van der Waals surface area contributed by atoms with Crippen LogP contribution in [0.1, 0.15) is 17.4 Å². The summed E-state index contributed by atoms with van der Waals surface area (Å²) in [4.78, 5) is 23.5. The first kappa shape index (κ1) is 15.8. The molecule has 1 aromatic heterocycles. The van der Waals surface area contributed by atoms with Crippen LogP contribution in [0.25, 0.3) is 0 Å². The van der Waals surface area contributed by atoms with Crippen molar-refractivity contribution in [3.05, 3.63) is 17.8 Å². The summed E-state index contributed by atoms with van der Waals surface area (Å²) in [5.74, 6) is -0.170. The molecule has 0 aliphatic rings. The number of nitrogens with one attached hydrogen (secondary N) is 3. The Bertz CT molecular complexity index is 449. The third kappa shape index (κ3) is 4.81. The van der Waals surface area contributed by atoms with Crippen LogP contribution in [0.4, 0.5) is 5.82 Å². The van der Waals surface area contributed by atoms with Crippen LogP contribution in [0.2, 0.25) is 0 Å². The van der Waals surface area contributed by atoms with Crippen molar-refractivity contribution in [1.29, 1.82) is 0 Å². The van der Waals surface area contributed by atoms with E-state index in [4.69, 9.17) is 4.74 Å². The fourth-order valence-corrected chi connectivity index (χ4v) is 1.35. The molecule has 1 heterocycles. The predicted molar refractivity (Wildman–Crippen MR) is 73.4 cm³/mol. The van der Waals surface area contributed by atoms with Crippen LogP contribution in [0.5, 0.6) is 0 Å². The van der Waals surface area contributed by atoms with Gasteiger partial charge in [0, 0.05) is 20.7 Å². The molecule has 0 aromatic carbocycles. The summed E-state index contributed by atoms with van der Waals surface area (Å²) in [5.41, 5.74) is 0.153. The fourth-order valence-electron chi connectivity index (χ4n) is 1.35. The highest BCUT2D eigenvalue weighted by Crippen LogP contribution is 2.00. The van der Waals surface area contributed by atoms with Crippen LogP contribution in [0.3, 0.4) is 0 Å². The van der Waals surface area contributed by atoms with E-state index in [0.717, 1.165) is 0 Å². The molecule has 0 aliphatic carbocycles. The Morgan fingerprint density at radius 2 is 2.10 bits per heavy atom. The minimum Gasteiger partial charge on any atom is -0.383 e. The molecule has 1 atom stereocenters. The van der Waals surface area contributed by atoms with Crippen molar-refractivity contribution in [2.24, 2.45) is 0 Å². The Hall–Kier alpha value is -2.22. The average molecular weight is 281 g/mol. The largest absolute Gasteiger partial charge is 0.383 e. The average Bonchev–Trinajstić information content (AvgIpc) is 2.47. The number of hydrogen-bond donors (Lipinski definition) is 3. The molecule has 8 nitrogen and oxygen atoms in total. The van der Waals surface area contributed by atoms with Crippen LogP contribution in [-0.4, -0.2) is 55.4 Å². The minimum absolute atomic E-state index is 0.153. The lowest BCUT2D eigenvalue weighted by molar-refractivity contribution is -0.122. The van der Waals surface area contributed by atoms with Crippen molar-refractivity contribution < 1.29 is 14.3 Å². The van der Waals surface area contributed by atoms with E-state index < -0.39 is 11.9 Å². The maximum atomic E-state index is 11.9. The highest BCUT2D eigenvalue weighted by atomic mass is 16.5. The first-order valence-corrected chi connectivity index (χ1v) is 6.17. The van der Waals surface area contributed by atoms with Crippen molar-refractivity contribution in [3.8, 4) is 0 Å². The van der Waals surface area contributed by atoms with Crippen molar-refractivity contribution in [1.82, 2.24) is 20.8 Å². The molecule has 0 radical (unpaired) electrons. The van der Waals surface area contributed by atoms with E-state index in [9.17, 15) is 9.59 Å². The van der Waals surface area contributed by atoms with E-state index in [1.807, 2.05) is 0 Å². The highest BCUT2D eigenvalue weighted by Gasteiger charge is 2.17. The SMILES string of the molecule is CNc1ccc(C(=O)NC(C)C(=O)NCCOC)nn1. The number of amides is 2. The smallest absolute Gasteiger partial charge is 0.272 e. The molecule has 0 spiro atoms. The van der Waals surface area contributed by atoms with Gasteiger partial charge in [0.15, 0.2) is 5.69 Å². The van der Waals surface area contributed by atoms with Gasteiger partial charge in [-0.05, 0) is 19.1 Å². The number of aromatic nitrogens is 2. The minimum atomic E-state index is -0.662. The van der Waals surface area contributed by atoms with Crippen molar-refractivity contribution in [2.45, 2.75) is 13.0 Å². The van der Waals surface area contributed by atoms with E-state index in [-0.39, 0.29) is 11.6 Å². The zero-order chi connectivity index (χ0) is 15.0. The lowest BCUT2D eigenvalue weighted by Gasteiger charge is -2.13. The second-order valence-electron chi connectivity index (χ2n) is 4.03. The van der Waals surface area contributed by atoms with Gasteiger partial charge < -0.3 is 20.7 Å². The molecule has 1 unspecified atom stereocenters. The number of anilines is 1. The first-order valence-electron chi connectivity index (χ1n) is 6.17. The van der Waals surface area contributed by atoms with Gasteiger partial charge in [0.25, 0.3) is 5.91 Å². The summed E-state index contributed by atoms with van der Waals surface area (Å²) in [6, 6.07) is 2.50. The lowest BCUT2D eigenvalue weighted by atomic mass is 10.3. The molecule has 0 fully saturated rings. The molecule has 20 heavy (non-hydrogen) atoms. The van der Waals surface area contributed by atoms with E-state index in [1.165, 1.54) is 6.07 Å². The third-order valence-electron chi connectivity index (χ3n) is 2.50. The van der Waals surface area contributed by atoms with Gasteiger partial charge in [-0.25, -0.2) is 0 Å². The van der Waals surface area contributed by atoms with Gasteiger partial charge in [0.1, 0.15) is 11.9 Å². The molecular formula is C12H19N5O3. The van der Waals surface area contributed by atoms with Crippen LogP contribution in [0, 0.1) is 0 Å². The number of ether oxygens (including phenoxy) is 1. The quantitative estimate of drug-likeness (QED) is 0.576. The second-order valence-corrected chi connectivity index (χ2v) is 4.03. The number of carbonyl (C=O) groups is 2. The number of hydrogen-bond acceptors (Lipinski definition) is 6. The Labute approximate surface area is 117 Å². The Morgan fingerprint density at radius 3 is 2.65 bits per heavy atom. The van der Waals surface area contributed by atoms with Gasteiger partial charge in [0.2, 0.25) is 5.91 Å². The maximum Gasteiger partial charge on any atom is 0.272 e. The van der Waals surface area contributed by atoms with Gasteiger partial charge in [-0.2, -0.15) is 0 Å². The number of nitrogens with zero attached hydrogens (tertiary/aromatic N) is 2. The van der Waals surface area contributed by atoms with Crippen LogP contribution >= 0.6 is 0 Å². The summed E-state index contributed by atoms with van der Waals surface area (Å²) >= 11 is 0. The normalized spacial score (nSPS) is 11.6. The van der Waals surface area contributed by atoms with Crippen LogP contribution < -0.4 is 16.0 Å². The molecular weight excluding hydrogens is 262 g/mol. The molecule has 0 bridgehead atoms. The van der Waals surface area contributed by atoms with E-state index in [2.05, 4.69) is 26.1 Å². The maximum absolute atomic E-state index is 11.9. The summed E-state index contributed by atoms with van der Waals surface area (Å²) in [7, 11) is 3.25. The van der Waals surface area contributed by atoms with Gasteiger partial charge >= 0.3 is 0 Å². The summed E-state index contributed by atoms with van der Waals surface area (Å²) in [6.07, 6.45) is 0. The van der Waals surface area contributed by atoms with Crippen molar-refractivity contribution in [2.75, 3.05) is 32.6 Å². The standard InChI is InChI=1S/C12H19N5O3/c1-8(11(18)14-6-7-20-3)15-12(19)9-4-5-10(13-2)17-16-9/h4-5,8H,6-7H2,1-3H3,(H,13,17)(H,14,18)(H,15,19). The number of carbonyl (C=O) groups excluding carboxylic acids is 2.